The second-order valence-electron chi connectivity index (χ2n) is 6.99. The summed E-state index contributed by atoms with van der Waals surface area (Å²) in [5.74, 6) is 0.909. The average Bonchev–Trinajstić information content (AvgIpc) is 3.15. The molecule has 8 nitrogen and oxygen atoms in total. The molecule has 2 aromatic heterocycles. The van der Waals surface area contributed by atoms with Crippen LogP contribution in [0.2, 0.25) is 0 Å². The second-order valence-corrected chi connectivity index (χ2v) is 6.99. The first-order valence-electron chi connectivity index (χ1n) is 8.18. The quantitative estimate of drug-likeness (QED) is 0.889. The van der Waals surface area contributed by atoms with E-state index in [0.29, 0.717) is 31.1 Å². The van der Waals surface area contributed by atoms with E-state index in [1.165, 1.54) is 6.26 Å². The Morgan fingerprint density at radius 1 is 1.44 bits per heavy atom. The molecule has 0 unspecified atom stereocenters. The van der Waals surface area contributed by atoms with E-state index < -0.39 is 5.60 Å². The summed E-state index contributed by atoms with van der Waals surface area (Å²) in [7, 11) is 0. The van der Waals surface area contributed by atoms with Gasteiger partial charge < -0.3 is 19.4 Å². The smallest absolute Gasteiger partial charge is 0.410 e. The number of carbonyl (C=O) groups excluding carboxylic acids is 2. The predicted octanol–water partition coefficient (Wildman–Crippen LogP) is 2.48. The number of anilines is 1. The number of nitrogens with one attached hydrogen (secondary N) is 2. The summed E-state index contributed by atoms with van der Waals surface area (Å²) in [5, 5.41) is 9.86. The van der Waals surface area contributed by atoms with E-state index in [9.17, 15) is 9.59 Å². The first-order chi connectivity index (χ1) is 11.8. The van der Waals surface area contributed by atoms with Gasteiger partial charge in [-0.3, -0.25) is 9.89 Å². The van der Waals surface area contributed by atoms with Crippen LogP contribution in [0.25, 0.3) is 0 Å². The number of hydrogen-bond donors (Lipinski definition) is 2. The van der Waals surface area contributed by atoms with Crippen molar-refractivity contribution in [2.75, 3.05) is 11.9 Å². The molecule has 8 heteroatoms. The van der Waals surface area contributed by atoms with Gasteiger partial charge in [0.25, 0.3) is 0 Å². The van der Waals surface area contributed by atoms with Crippen LogP contribution >= 0.6 is 0 Å². The van der Waals surface area contributed by atoms with Gasteiger partial charge >= 0.3 is 6.09 Å². The van der Waals surface area contributed by atoms with Gasteiger partial charge in [-0.25, -0.2) is 4.79 Å². The number of carbonyl (C=O) groups is 2. The lowest BCUT2D eigenvalue weighted by atomic mass is 10.1. The van der Waals surface area contributed by atoms with Crippen molar-refractivity contribution in [3.63, 3.8) is 0 Å². The number of H-pyrrole nitrogens is 1. The predicted molar refractivity (Wildman–Crippen MR) is 90.0 cm³/mol. The standard InChI is InChI=1S/C17H22N4O4/c1-17(2,3)25-16(23)21-7-6-12-13(10-21)19-20-15(12)18-14(22)9-11-5-4-8-24-11/h4-5,8H,6-7,9-10H2,1-3H3,(H2,18,19,20,22). The average molecular weight is 346 g/mol. The van der Waals surface area contributed by atoms with E-state index >= 15 is 0 Å². The summed E-state index contributed by atoms with van der Waals surface area (Å²) in [4.78, 5) is 25.9. The third-order valence-electron chi connectivity index (χ3n) is 3.76. The van der Waals surface area contributed by atoms with Crippen LogP contribution < -0.4 is 5.32 Å². The minimum absolute atomic E-state index is 0.151. The number of ether oxygens (including phenoxy) is 1. The Bertz CT molecular complexity index is 758. The summed E-state index contributed by atoms with van der Waals surface area (Å²) >= 11 is 0. The molecule has 0 aromatic carbocycles. The van der Waals surface area contributed by atoms with Gasteiger partial charge in [0.15, 0.2) is 5.82 Å². The lowest BCUT2D eigenvalue weighted by Crippen LogP contribution is -2.40. The first kappa shape index (κ1) is 17.1. The van der Waals surface area contributed by atoms with Crippen molar-refractivity contribution < 1.29 is 18.7 Å². The maximum Gasteiger partial charge on any atom is 0.410 e. The van der Waals surface area contributed by atoms with Gasteiger partial charge in [0.05, 0.1) is 24.9 Å². The summed E-state index contributed by atoms with van der Waals surface area (Å²) in [6, 6.07) is 3.49. The third-order valence-corrected chi connectivity index (χ3v) is 3.76. The minimum Gasteiger partial charge on any atom is -0.469 e. The molecule has 0 radical (unpaired) electrons. The monoisotopic (exact) mass is 346 g/mol. The molecule has 2 amide bonds. The van der Waals surface area contributed by atoms with Gasteiger partial charge in [-0.1, -0.05) is 0 Å². The molecule has 0 spiro atoms. The van der Waals surface area contributed by atoms with E-state index in [1.807, 2.05) is 20.8 Å². The number of aromatic amines is 1. The Labute approximate surface area is 145 Å². The van der Waals surface area contributed by atoms with Gasteiger partial charge in [-0.15, -0.1) is 0 Å². The zero-order valence-electron chi connectivity index (χ0n) is 14.6. The van der Waals surface area contributed by atoms with Gasteiger partial charge in [0, 0.05) is 12.1 Å². The van der Waals surface area contributed by atoms with Crippen LogP contribution in [0.4, 0.5) is 10.6 Å². The second kappa shape index (κ2) is 6.62. The van der Waals surface area contributed by atoms with Crippen LogP contribution in [-0.4, -0.2) is 39.2 Å². The molecular weight excluding hydrogens is 324 g/mol. The van der Waals surface area contributed by atoms with Crippen LogP contribution in [0.15, 0.2) is 22.8 Å². The maximum atomic E-state index is 12.2. The number of rotatable bonds is 3. The highest BCUT2D eigenvalue weighted by molar-refractivity contribution is 5.91. The molecule has 3 heterocycles. The van der Waals surface area contributed by atoms with E-state index in [2.05, 4.69) is 15.5 Å². The highest BCUT2D eigenvalue weighted by Crippen LogP contribution is 2.25. The summed E-state index contributed by atoms with van der Waals surface area (Å²) in [6.07, 6.45) is 1.93. The van der Waals surface area contributed by atoms with E-state index in [-0.39, 0.29) is 18.4 Å². The fourth-order valence-corrected chi connectivity index (χ4v) is 2.65. The first-order valence-corrected chi connectivity index (χ1v) is 8.18. The van der Waals surface area contributed by atoms with Crippen molar-refractivity contribution in [3.8, 4) is 0 Å². The summed E-state index contributed by atoms with van der Waals surface area (Å²) in [6.45, 7) is 6.41. The summed E-state index contributed by atoms with van der Waals surface area (Å²) in [5.41, 5.74) is 1.20. The normalized spacial score (nSPS) is 14.1. The van der Waals surface area contributed by atoms with Gasteiger partial charge in [0.1, 0.15) is 11.4 Å². The molecule has 0 saturated heterocycles. The van der Waals surface area contributed by atoms with Crippen molar-refractivity contribution in [2.45, 2.75) is 45.8 Å². The van der Waals surface area contributed by atoms with E-state index in [0.717, 1.165) is 11.3 Å². The van der Waals surface area contributed by atoms with Crippen molar-refractivity contribution in [1.82, 2.24) is 15.1 Å². The van der Waals surface area contributed by atoms with Crippen molar-refractivity contribution in [3.05, 3.63) is 35.4 Å². The molecule has 2 N–H and O–H groups in total. The molecule has 0 atom stereocenters. The van der Waals surface area contributed by atoms with E-state index in [1.54, 1.807) is 17.0 Å². The highest BCUT2D eigenvalue weighted by Gasteiger charge is 2.28. The number of hydrogen-bond acceptors (Lipinski definition) is 5. The van der Waals surface area contributed by atoms with Crippen LogP contribution in [0.1, 0.15) is 37.8 Å². The Morgan fingerprint density at radius 3 is 2.92 bits per heavy atom. The lowest BCUT2D eigenvalue weighted by molar-refractivity contribution is -0.115. The molecule has 0 aliphatic carbocycles. The number of aromatic nitrogens is 2. The topological polar surface area (TPSA) is 100 Å². The van der Waals surface area contributed by atoms with Gasteiger partial charge in [-0.05, 0) is 39.3 Å². The molecule has 3 rings (SSSR count). The largest absolute Gasteiger partial charge is 0.469 e. The molecule has 1 aliphatic rings. The van der Waals surface area contributed by atoms with Crippen LogP contribution in [0.5, 0.6) is 0 Å². The highest BCUT2D eigenvalue weighted by atomic mass is 16.6. The lowest BCUT2D eigenvalue weighted by Gasteiger charge is -2.29. The SMILES string of the molecule is CC(C)(C)OC(=O)N1CCc2c(NC(=O)Cc3ccco3)n[nH]c2C1. The Hall–Kier alpha value is -2.77. The number of amides is 2. The number of fused-ring (bicyclic) bond motifs is 1. The zero-order valence-corrected chi connectivity index (χ0v) is 14.6. The summed E-state index contributed by atoms with van der Waals surface area (Å²) < 4.78 is 10.6. The van der Waals surface area contributed by atoms with Crippen LogP contribution in [-0.2, 0) is 28.9 Å². The van der Waals surface area contributed by atoms with Gasteiger partial charge in [0.2, 0.25) is 5.91 Å². The molecule has 134 valence electrons. The van der Waals surface area contributed by atoms with Crippen molar-refractivity contribution >= 4 is 17.8 Å². The molecule has 25 heavy (non-hydrogen) atoms. The molecule has 0 bridgehead atoms. The van der Waals surface area contributed by atoms with Gasteiger partial charge in [-0.2, -0.15) is 5.10 Å². The Balaban J connectivity index is 1.62. The molecular formula is C17H22N4O4. The molecule has 0 saturated carbocycles. The maximum absolute atomic E-state index is 12.2. The van der Waals surface area contributed by atoms with Crippen LogP contribution in [0.3, 0.4) is 0 Å². The third kappa shape index (κ3) is 4.20. The fourth-order valence-electron chi connectivity index (χ4n) is 2.65. The van der Waals surface area contributed by atoms with Crippen molar-refractivity contribution in [1.29, 1.82) is 0 Å². The number of nitrogens with zero attached hydrogens (tertiary/aromatic N) is 2. The van der Waals surface area contributed by atoms with E-state index in [4.69, 9.17) is 9.15 Å². The van der Waals surface area contributed by atoms with Crippen LogP contribution in [0, 0.1) is 0 Å². The fraction of sp³-hybridized carbons (Fsp3) is 0.471. The molecule has 2 aromatic rings. The Morgan fingerprint density at radius 2 is 2.24 bits per heavy atom. The Kier molecular flexibility index (Phi) is 4.52. The molecule has 0 fully saturated rings. The van der Waals surface area contributed by atoms with Crippen molar-refractivity contribution in [2.24, 2.45) is 0 Å². The number of furan rings is 1. The minimum atomic E-state index is -0.531. The molecule has 1 aliphatic heterocycles. The zero-order chi connectivity index (χ0) is 18.0.